The normalized spacial score (nSPS) is 42.1. The maximum atomic E-state index is 10.2. The number of rotatable bonds is 15. The van der Waals surface area contributed by atoms with E-state index in [4.69, 9.17) is 0 Å². The van der Waals surface area contributed by atoms with E-state index < -0.39 is 36.6 Å². The molecule has 0 aromatic heterocycles. The van der Waals surface area contributed by atoms with Crippen molar-refractivity contribution in [3.05, 3.63) is 143 Å². The van der Waals surface area contributed by atoms with E-state index in [0.29, 0.717) is 126 Å². The molecular weight excluding hydrogens is 1120 g/mol. The molecule has 0 heterocycles. The van der Waals surface area contributed by atoms with E-state index in [1.165, 1.54) is 132 Å². The Balaban J connectivity index is 0.000000148. The van der Waals surface area contributed by atoms with Gasteiger partial charge in [-0.2, -0.15) is 0 Å². The molecule has 0 amide bonds. The average Bonchev–Trinajstić information content (AvgIpc) is 1.60. The average molecular weight is 1240 g/mol. The number of hydrogen-bond acceptors (Lipinski definition) is 9. The Hall–Kier alpha value is -3.48. The van der Waals surface area contributed by atoms with Crippen molar-refractivity contribution < 1.29 is 46.0 Å². The topological polar surface area (TPSA) is 182 Å². The summed E-state index contributed by atoms with van der Waals surface area (Å²) in [6.07, 6.45) is 50.7. The third-order valence-electron chi connectivity index (χ3n) is 26.0. The lowest BCUT2D eigenvalue weighted by molar-refractivity contribution is 0.0855. The Morgan fingerprint density at radius 2 is 0.622 bits per heavy atom. The van der Waals surface area contributed by atoms with Crippen LogP contribution in [0.15, 0.2) is 143 Å². The van der Waals surface area contributed by atoms with Crippen LogP contribution in [-0.4, -0.2) is 101 Å². The Kier molecular flexibility index (Phi) is 22.9. The van der Waals surface area contributed by atoms with Crippen LogP contribution >= 0.6 is 0 Å². The zero-order valence-electron chi connectivity index (χ0n) is 56.3. The molecule has 12 rings (SSSR count). The molecule has 0 bridgehead atoms. The van der Waals surface area contributed by atoms with Crippen molar-refractivity contribution in [2.45, 2.75) is 270 Å². The van der Waals surface area contributed by atoms with Crippen molar-refractivity contribution in [1.82, 2.24) is 0 Å². The number of allylic oxidation sites excluding steroid dienone is 12. The highest BCUT2D eigenvalue weighted by atomic mass is 16.3. The maximum Gasteiger partial charge on any atom is 0.0811 e. The van der Waals surface area contributed by atoms with Crippen molar-refractivity contribution in [1.29, 1.82) is 0 Å². The van der Waals surface area contributed by atoms with E-state index in [9.17, 15) is 46.0 Å². The second-order valence-electron chi connectivity index (χ2n) is 32.2. The lowest BCUT2D eigenvalue weighted by Crippen LogP contribution is -2.35. The molecular formula is C81H120O9. The van der Waals surface area contributed by atoms with Crippen molar-refractivity contribution in [3.63, 3.8) is 0 Å². The van der Waals surface area contributed by atoms with Crippen molar-refractivity contribution in [3.8, 4) is 0 Å². The summed E-state index contributed by atoms with van der Waals surface area (Å²) in [7, 11) is 0. The molecule has 0 aliphatic heterocycles. The molecule has 12 fully saturated rings. The van der Waals surface area contributed by atoms with E-state index in [-0.39, 0.29) is 18.3 Å². The third-order valence-corrected chi connectivity index (χ3v) is 26.0. The predicted octanol–water partition coefficient (Wildman–Crippen LogP) is 15.3. The van der Waals surface area contributed by atoms with Crippen LogP contribution in [0.4, 0.5) is 0 Å². The summed E-state index contributed by atoms with van der Waals surface area (Å²) >= 11 is 0. The van der Waals surface area contributed by atoms with Gasteiger partial charge in [0.2, 0.25) is 0 Å². The van der Waals surface area contributed by atoms with Crippen LogP contribution in [0.1, 0.15) is 215 Å². The number of fused-ring (bicyclic) bond motifs is 3. The van der Waals surface area contributed by atoms with Crippen LogP contribution in [0.25, 0.3) is 0 Å². The van der Waals surface area contributed by atoms with Gasteiger partial charge in [0, 0.05) is 19.3 Å². The van der Waals surface area contributed by atoms with Crippen LogP contribution < -0.4 is 0 Å². The summed E-state index contributed by atoms with van der Waals surface area (Å²) in [5.74, 6) is 6.83. The lowest BCUT2D eigenvalue weighted by atomic mass is 9.61. The molecule has 9 nitrogen and oxygen atoms in total. The van der Waals surface area contributed by atoms with Crippen LogP contribution in [0.5, 0.6) is 0 Å². The molecule has 9 heteroatoms. The van der Waals surface area contributed by atoms with Crippen LogP contribution in [0, 0.1) is 87.3 Å². The first-order valence-electron chi connectivity index (χ1n) is 36.3. The summed E-state index contributed by atoms with van der Waals surface area (Å²) in [4.78, 5) is 0. The Morgan fingerprint density at radius 1 is 0.367 bits per heavy atom. The molecule has 498 valence electrons. The summed E-state index contributed by atoms with van der Waals surface area (Å²) in [5, 5.41) is 91.2. The molecule has 12 saturated carbocycles. The fourth-order valence-corrected chi connectivity index (χ4v) is 19.9. The Morgan fingerprint density at radius 3 is 0.867 bits per heavy atom. The van der Waals surface area contributed by atoms with Crippen molar-refractivity contribution >= 4 is 0 Å². The quantitative estimate of drug-likeness (QED) is 0.0721. The fourth-order valence-electron chi connectivity index (χ4n) is 19.9. The van der Waals surface area contributed by atoms with E-state index >= 15 is 0 Å². The number of aliphatic hydroxyl groups is 9. The molecule has 0 spiro atoms. The van der Waals surface area contributed by atoms with Gasteiger partial charge < -0.3 is 46.0 Å². The second kappa shape index (κ2) is 29.7. The highest BCUT2D eigenvalue weighted by Crippen LogP contribution is 2.62. The van der Waals surface area contributed by atoms with Gasteiger partial charge in [-0.3, -0.25) is 0 Å². The summed E-state index contributed by atoms with van der Waals surface area (Å²) in [5.41, 5.74) is 10.9. The van der Waals surface area contributed by atoms with Crippen LogP contribution in [0.3, 0.4) is 0 Å². The molecule has 0 radical (unpaired) electrons. The standard InChI is InChI=1S/3C27H40O3/c3*1-17(6-13-25(29)20-8-9-20)23-11-12-24-19(5-4-14-27(23,24)3)7-10-21-15-22(28)16-26(30)18(21)2/h3*6-7,10,13,17,20,22-26,28-30H,2,4-5,8-9,11-12,14-16H2,1,3H3/b3*13-6+,19-7+,21-10-/t3*17-,22-,23-,24+,25-,26+,27-/m111/s1. The fraction of sp³-hybridized carbons (Fsp3) is 0.704. The van der Waals surface area contributed by atoms with Gasteiger partial charge in [0.1, 0.15) is 0 Å². The minimum absolute atomic E-state index is 0.250. The van der Waals surface area contributed by atoms with Gasteiger partial charge in [-0.05, 0) is 275 Å². The predicted molar refractivity (Wildman–Crippen MR) is 365 cm³/mol. The monoisotopic (exact) mass is 1240 g/mol. The third kappa shape index (κ3) is 16.1. The van der Waals surface area contributed by atoms with Crippen molar-refractivity contribution in [2.75, 3.05) is 0 Å². The minimum atomic E-state index is -0.621. The largest absolute Gasteiger partial charge is 0.393 e. The first-order chi connectivity index (χ1) is 42.9. The van der Waals surface area contributed by atoms with Crippen molar-refractivity contribution in [2.24, 2.45) is 87.3 Å². The Bertz CT molecular complexity index is 2530. The summed E-state index contributed by atoms with van der Waals surface area (Å²) in [6.45, 7) is 26.6. The van der Waals surface area contributed by atoms with E-state index in [0.717, 1.165) is 52.7 Å². The summed E-state index contributed by atoms with van der Waals surface area (Å²) < 4.78 is 0. The van der Waals surface area contributed by atoms with Gasteiger partial charge in [0.25, 0.3) is 0 Å². The highest BCUT2D eigenvalue weighted by molar-refractivity contribution is 5.41. The zero-order chi connectivity index (χ0) is 64.4. The molecule has 0 aromatic carbocycles. The molecule has 12 aliphatic carbocycles. The molecule has 0 unspecified atom stereocenters. The maximum absolute atomic E-state index is 10.2. The van der Waals surface area contributed by atoms with Crippen LogP contribution in [0.2, 0.25) is 0 Å². The molecule has 12 aliphatic rings. The molecule has 21 atom stereocenters. The number of aliphatic hydroxyl groups excluding tert-OH is 9. The molecule has 0 saturated heterocycles. The first kappa shape index (κ1) is 69.4. The lowest BCUT2D eigenvalue weighted by Gasteiger charge is -2.44. The van der Waals surface area contributed by atoms with E-state index in [1.54, 1.807) is 0 Å². The first-order valence-corrected chi connectivity index (χ1v) is 36.3. The SMILES string of the molecule is C=C1/C(=C\C=C2/CCC[C@]3(C)[C@@H]([C@H](C)/C=C/[C@@H](O)C4CC4)CC[C@@H]23)C[C@@H](O)C[C@@H]1O.C=C1/C(=C\C=C2/CCC[C@]3(C)[C@@H]([C@H](C)/C=C/[C@@H](O)C4CC4)CC[C@@H]23)C[C@@H](O)C[C@@H]1O.C=C1/C(=C\C=C2/CCC[C@]3(C)[C@@H]([C@H](C)/C=C/[C@@H](O)C4CC4)CC[C@@H]23)C[C@@H](O)C[C@@H]1O. The van der Waals surface area contributed by atoms with Gasteiger partial charge in [0.15, 0.2) is 0 Å². The van der Waals surface area contributed by atoms with Gasteiger partial charge in [-0.15, -0.1) is 0 Å². The minimum Gasteiger partial charge on any atom is -0.393 e. The molecule has 0 aromatic rings. The number of hydrogen-bond donors (Lipinski definition) is 9. The van der Waals surface area contributed by atoms with Gasteiger partial charge >= 0.3 is 0 Å². The Labute approximate surface area is 543 Å². The van der Waals surface area contributed by atoms with E-state index in [2.05, 4.69) is 134 Å². The van der Waals surface area contributed by atoms with Gasteiger partial charge in [-0.1, -0.05) is 151 Å². The van der Waals surface area contributed by atoms with Crippen LogP contribution in [-0.2, 0) is 0 Å². The smallest absolute Gasteiger partial charge is 0.0811 e. The summed E-state index contributed by atoms with van der Waals surface area (Å²) in [6, 6.07) is 0. The van der Waals surface area contributed by atoms with Gasteiger partial charge in [0.05, 0.1) is 54.9 Å². The second-order valence-corrected chi connectivity index (χ2v) is 32.2. The van der Waals surface area contributed by atoms with Gasteiger partial charge in [-0.25, -0.2) is 0 Å². The molecule has 90 heavy (non-hydrogen) atoms. The van der Waals surface area contributed by atoms with E-state index in [1.807, 2.05) is 0 Å². The molecule has 9 N–H and O–H groups in total. The highest BCUT2D eigenvalue weighted by Gasteiger charge is 2.53. The zero-order valence-corrected chi connectivity index (χ0v) is 56.3.